The van der Waals surface area contributed by atoms with Gasteiger partial charge in [0.1, 0.15) is 5.15 Å². The molecule has 1 saturated heterocycles. The monoisotopic (exact) mass is 318 g/mol. The Hall–Kier alpha value is -0.650. The average Bonchev–Trinajstić information content (AvgIpc) is 2.79. The van der Waals surface area contributed by atoms with Crippen LogP contribution in [0, 0.1) is 0 Å². The lowest BCUT2D eigenvalue weighted by atomic mass is 10.2. The standard InChI is InChI=1S/C11H12BrClN2O2/c12-7-4-9(10(13)14-5-7)11(17)15-3-1-2-8(15)6-16/h4-5,8,16H,1-3,6H2/t8-/m1/s1. The average molecular weight is 320 g/mol. The van der Waals surface area contributed by atoms with Crippen LogP contribution in [0.25, 0.3) is 0 Å². The van der Waals surface area contributed by atoms with Crippen molar-refractivity contribution >= 4 is 33.4 Å². The molecule has 0 spiro atoms. The number of pyridine rings is 1. The van der Waals surface area contributed by atoms with Gasteiger partial charge in [0.05, 0.1) is 18.2 Å². The zero-order valence-corrected chi connectivity index (χ0v) is 11.4. The number of rotatable bonds is 2. The zero-order chi connectivity index (χ0) is 12.4. The molecule has 0 bridgehead atoms. The molecule has 0 unspecified atom stereocenters. The normalized spacial score (nSPS) is 19.7. The first-order valence-corrected chi connectivity index (χ1v) is 6.53. The molecule has 92 valence electrons. The van der Waals surface area contributed by atoms with Crippen molar-refractivity contribution in [1.82, 2.24) is 9.88 Å². The Kier molecular flexibility index (Phi) is 4.01. The summed E-state index contributed by atoms with van der Waals surface area (Å²) in [6.45, 7) is 0.650. The third-order valence-corrected chi connectivity index (χ3v) is 3.62. The Balaban J connectivity index is 2.27. The van der Waals surface area contributed by atoms with Gasteiger partial charge in [0.15, 0.2) is 0 Å². The summed E-state index contributed by atoms with van der Waals surface area (Å²) < 4.78 is 0.713. The molecule has 2 heterocycles. The summed E-state index contributed by atoms with van der Waals surface area (Å²) in [6.07, 6.45) is 3.30. The van der Waals surface area contributed by atoms with Crippen LogP contribution < -0.4 is 0 Å². The number of hydrogen-bond donors (Lipinski definition) is 1. The zero-order valence-electron chi connectivity index (χ0n) is 9.07. The second-order valence-corrected chi connectivity index (χ2v) is 5.24. The molecule has 17 heavy (non-hydrogen) atoms. The largest absolute Gasteiger partial charge is 0.394 e. The fraction of sp³-hybridized carbons (Fsp3) is 0.455. The highest BCUT2D eigenvalue weighted by molar-refractivity contribution is 9.10. The number of amides is 1. The topological polar surface area (TPSA) is 53.4 Å². The lowest BCUT2D eigenvalue weighted by Crippen LogP contribution is -2.37. The summed E-state index contributed by atoms with van der Waals surface area (Å²) in [7, 11) is 0. The Bertz CT molecular complexity index is 441. The van der Waals surface area contributed by atoms with E-state index in [1.165, 1.54) is 0 Å². The van der Waals surface area contributed by atoms with Crippen LogP contribution in [-0.4, -0.2) is 40.1 Å². The Morgan fingerprint density at radius 2 is 2.47 bits per heavy atom. The summed E-state index contributed by atoms with van der Waals surface area (Å²) in [5.41, 5.74) is 0.376. The van der Waals surface area contributed by atoms with Crippen molar-refractivity contribution in [3.63, 3.8) is 0 Å². The van der Waals surface area contributed by atoms with Gasteiger partial charge in [-0.25, -0.2) is 4.98 Å². The second-order valence-electron chi connectivity index (χ2n) is 3.97. The van der Waals surface area contributed by atoms with Gasteiger partial charge in [-0.1, -0.05) is 11.6 Å². The molecule has 2 rings (SSSR count). The van der Waals surface area contributed by atoms with Crippen LogP contribution in [0.15, 0.2) is 16.7 Å². The summed E-state index contributed by atoms with van der Waals surface area (Å²) in [5, 5.41) is 9.40. The van der Waals surface area contributed by atoms with Gasteiger partial charge in [-0.05, 0) is 34.8 Å². The Labute approximate surface area is 113 Å². The number of nitrogens with zero attached hydrogens (tertiary/aromatic N) is 2. The van der Waals surface area contributed by atoms with Gasteiger partial charge in [-0.2, -0.15) is 0 Å². The molecule has 1 atom stereocenters. The van der Waals surface area contributed by atoms with Gasteiger partial charge in [-0.3, -0.25) is 4.79 Å². The minimum atomic E-state index is -0.166. The van der Waals surface area contributed by atoms with Crippen LogP contribution in [-0.2, 0) is 0 Å². The molecule has 1 amide bonds. The van der Waals surface area contributed by atoms with Crippen molar-refractivity contribution in [3.8, 4) is 0 Å². The van der Waals surface area contributed by atoms with Gasteiger partial charge >= 0.3 is 0 Å². The lowest BCUT2D eigenvalue weighted by molar-refractivity contribution is 0.0677. The van der Waals surface area contributed by atoms with Gasteiger partial charge in [0.2, 0.25) is 0 Å². The summed E-state index contributed by atoms with van der Waals surface area (Å²) >= 11 is 9.18. The number of aliphatic hydroxyl groups is 1. The predicted octanol–water partition coefficient (Wildman–Crippen LogP) is 2.09. The SMILES string of the molecule is O=C(c1cc(Br)cnc1Cl)N1CCC[C@@H]1CO. The molecule has 0 saturated carbocycles. The van der Waals surface area contributed by atoms with Crippen LogP contribution in [0.5, 0.6) is 0 Å². The molecule has 1 aliphatic heterocycles. The highest BCUT2D eigenvalue weighted by Gasteiger charge is 2.30. The van der Waals surface area contributed by atoms with Crippen molar-refractivity contribution in [3.05, 3.63) is 27.5 Å². The molecule has 0 aromatic carbocycles. The first-order chi connectivity index (χ1) is 8.13. The van der Waals surface area contributed by atoms with E-state index in [1.807, 2.05) is 0 Å². The lowest BCUT2D eigenvalue weighted by Gasteiger charge is -2.23. The molecular formula is C11H12BrClN2O2. The number of carbonyl (C=O) groups is 1. The third kappa shape index (κ3) is 2.61. The van der Waals surface area contributed by atoms with Crippen molar-refractivity contribution in [2.24, 2.45) is 0 Å². The maximum absolute atomic E-state index is 12.3. The second kappa shape index (κ2) is 5.33. The van der Waals surface area contributed by atoms with E-state index in [0.29, 0.717) is 16.6 Å². The van der Waals surface area contributed by atoms with Crippen LogP contribution in [0.1, 0.15) is 23.2 Å². The summed E-state index contributed by atoms with van der Waals surface area (Å²) in [4.78, 5) is 17.9. The van der Waals surface area contributed by atoms with Crippen LogP contribution >= 0.6 is 27.5 Å². The molecule has 1 fully saturated rings. The van der Waals surface area contributed by atoms with Gasteiger partial charge in [0.25, 0.3) is 5.91 Å². The molecule has 6 heteroatoms. The fourth-order valence-electron chi connectivity index (χ4n) is 2.02. The van der Waals surface area contributed by atoms with Gasteiger partial charge in [0, 0.05) is 17.2 Å². The Morgan fingerprint density at radius 3 is 3.18 bits per heavy atom. The molecule has 1 N–H and O–H groups in total. The molecule has 4 nitrogen and oxygen atoms in total. The summed E-state index contributed by atoms with van der Waals surface area (Å²) in [6, 6.07) is 1.56. The van der Waals surface area contributed by atoms with Crippen LogP contribution in [0.3, 0.4) is 0 Å². The van der Waals surface area contributed by atoms with Crippen molar-refractivity contribution < 1.29 is 9.90 Å². The van der Waals surface area contributed by atoms with E-state index in [1.54, 1.807) is 17.2 Å². The maximum Gasteiger partial charge on any atom is 0.257 e. The predicted molar refractivity (Wildman–Crippen MR) is 68.1 cm³/mol. The number of likely N-dealkylation sites (tertiary alicyclic amines) is 1. The van der Waals surface area contributed by atoms with E-state index >= 15 is 0 Å². The van der Waals surface area contributed by atoms with Crippen LogP contribution in [0.2, 0.25) is 5.15 Å². The number of halogens is 2. The number of aliphatic hydroxyl groups excluding tert-OH is 1. The summed E-state index contributed by atoms with van der Waals surface area (Å²) in [5.74, 6) is -0.166. The number of carbonyl (C=O) groups excluding carboxylic acids is 1. The molecule has 1 aromatic heterocycles. The maximum atomic E-state index is 12.3. The van der Waals surface area contributed by atoms with E-state index in [0.717, 1.165) is 12.8 Å². The molecule has 0 radical (unpaired) electrons. The van der Waals surface area contributed by atoms with E-state index < -0.39 is 0 Å². The molecular weight excluding hydrogens is 307 g/mol. The van der Waals surface area contributed by atoms with Crippen molar-refractivity contribution in [1.29, 1.82) is 0 Å². The highest BCUT2D eigenvalue weighted by atomic mass is 79.9. The van der Waals surface area contributed by atoms with E-state index in [9.17, 15) is 9.90 Å². The quantitative estimate of drug-likeness (QED) is 0.849. The minimum absolute atomic E-state index is 0.00914. The molecule has 0 aliphatic carbocycles. The Morgan fingerprint density at radius 1 is 1.71 bits per heavy atom. The first-order valence-electron chi connectivity index (χ1n) is 5.36. The molecule has 1 aliphatic rings. The number of aromatic nitrogens is 1. The molecule has 1 aromatic rings. The van der Waals surface area contributed by atoms with E-state index in [2.05, 4.69) is 20.9 Å². The van der Waals surface area contributed by atoms with E-state index in [4.69, 9.17) is 11.6 Å². The van der Waals surface area contributed by atoms with Gasteiger partial charge in [-0.15, -0.1) is 0 Å². The van der Waals surface area contributed by atoms with E-state index in [-0.39, 0.29) is 23.7 Å². The minimum Gasteiger partial charge on any atom is -0.394 e. The third-order valence-electron chi connectivity index (χ3n) is 2.88. The first kappa shape index (κ1) is 12.8. The van der Waals surface area contributed by atoms with Gasteiger partial charge < -0.3 is 10.0 Å². The fourth-order valence-corrected chi connectivity index (χ4v) is 2.54. The van der Waals surface area contributed by atoms with Crippen LogP contribution in [0.4, 0.5) is 0 Å². The van der Waals surface area contributed by atoms with Crippen molar-refractivity contribution in [2.45, 2.75) is 18.9 Å². The highest BCUT2D eigenvalue weighted by Crippen LogP contribution is 2.24. The smallest absolute Gasteiger partial charge is 0.257 e. The van der Waals surface area contributed by atoms with Crippen molar-refractivity contribution in [2.75, 3.05) is 13.2 Å². The number of hydrogen-bond acceptors (Lipinski definition) is 3.